The predicted molar refractivity (Wildman–Crippen MR) is 75.0 cm³/mol. The van der Waals surface area contributed by atoms with E-state index in [-0.39, 0.29) is 5.91 Å². The number of amides is 1. The summed E-state index contributed by atoms with van der Waals surface area (Å²) in [5.41, 5.74) is 0.521. The first kappa shape index (κ1) is 13.1. The SMILES string of the molecule is CCn1cc(Cl)cc1C(=O)Nc1ccc(Br)cn1. The van der Waals surface area contributed by atoms with Crippen molar-refractivity contribution in [3.8, 4) is 0 Å². The maximum atomic E-state index is 12.0. The monoisotopic (exact) mass is 327 g/mol. The molecule has 2 rings (SSSR count). The lowest BCUT2D eigenvalue weighted by Crippen LogP contribution is -2.16. The molecule has 0 aromatic carbocycles. The summed E-state index contributed by atoms with van der Waals surface area (Å²) in [4.78, 5) is 16.1. The molecular formula is C12H11BrClN3O. The molecule has 0 aliphatic rings. The van der Waals surface area contributed by atoms with Crippen LogP contribution in [0, 0.1) is 0 Å². The fraction of sp³-hybridized carbons (Fsp3) is 0.167. The van der Waals surface area contributed by atoms with E-state index in [1.807, 2.05) is 13.0 Å². The summed E-state index contributed by atoms with van der Waals surface area (Å²) in [7, 11) is 0. The third-order valence-electron chi connectivity index (χ3n) is 2.41. The van der Waals surface area contributed by atoms with Crippen LogP contribution >= 0.6 is 27.5 Å². The largest absolute Gasteiger partial charge is 0.342 e. The molecule has 2 aromatic rings. The number of nitrogens with zero attached hydrogens (tertiary/aromatic N) is 2. The number of anilines is 1. The molecule has 0 bridgehead atoms. The van der Waals surface area contributed by atoms with E-state index >= 15 is 0 Å². The summed E-state index contributed by atoms with van der Waals surface area (Å²) < 4.78 is 2.65. The maximum absolute atomic E-state index is 12.0. The van der Waals surface area contributed by atoms with Gasteiger partial charge in [0.2, 0.25) is 0 Å². The van der Waals surface area contributed by atoms with E-state index in [4.69, 9.17) is 11.6 Å². The van der Waals surface area contributed by atoms with Gasteiger partial charge in [0.1, 0.15) is 11.5 Å². The van der Waals surface area contributed by atoms with Gasteiger partial charge >= 0.3 is 0 Å². The van der Waals surface area contributed by atoms with Crippen LogP contribution in [-0.4, -0.2) is 15.5 Å². The molecule has 4 nitrogen and oxygen atoms in total. The van der Waals surface area contributed by atoms with E-state index in [1.165, 1.54) is 0 Å². The fourth-order valence-corrected chi connectivity index (χ4v) is 2.01. The molecule has 0 atom stereocenters. The number of pyridine rings is 1. The molecule has 2 aromatic heterocycles. The summed E-state index contributed by atoms with van der Waals surface area (Å²) in [5, 5.41) is 3.27. The molecule has 0 unspecified atom stereocenters. The summed E-state index contributed by atoms with van der Waals surface area (Å²) in [6.45, 7) is 2.63. The van der Waals surface area contributed by atoms with Crippen molar-refractivity contribution in [1.29, 1.82) is 0 Å². The molecule has 0 radical (unpaired) electrons. The molecule has 0 aliphatic carbocycles. The van der Waals surface area contributed by atoms with Crippen LogP contribution in [-0.2, 0) is 6.54 Å². The quantitative estimate of drug-likeness (QED) is 0.936. The Balaban J connectivity index is 2.19. The normalized spacial score (nSPS) is 10.4. The van der Waals surface area contributed by atoms with Gasteiger partial charge in [0.25, 0.3) is 5.91 Å². The first-order chi connectivity index (χ1) is 8.60. The smallest absolute Gasteiger partial charge is 0.273 e. The minimum Gasteiger partial charge on any atom is -0.342 e. The number of halogens is 2. The van der Waals surface area contributed by atoms with E-state index in [0.717, 1.165) is 4.47 Å². The van der Waals surface area contributed by atoms with Crippen molar-refractivity contribution < 1.29 is 4.79 Å². The molecule has 0 saturated heterocycles. The summed E-state index contributed by atoms with van der Waals surface area (Å²) in [6.07, 6.45) is 3.35. The minimum absolute atomic E-state index is 0.224. The zero-order valence-electron chi connectivity index (χ0n) is 9.65. The van der Waals surface area contributed by atoms with Gasteiger partial charge in [-0.1, -0.05) is 11.6 Å². The molecule has 0 fully saturated rings. The van der Waals surface area contributed by atoms with Crippen molar-refractivity contribution in [1.82, 2.24) is 9.55 Å². The lowest BCUT2D eigenvalue weighted by molar-refractivity contribution is 0.101. The molecule has 6 heteroatoms. The molecule has 2 heterocycles. The van der Waals surface area contributed by atoms with Gasteiger partial charge in [-0.15, -0.1) is 0 Å². The van der Waals surface area contributed by atoms with Crippen molar-refractivity contribution in [2.75, 3.05) is 5.32 Å². The second-order valence-corrected chi connectivity index (χ2v) is 5.00. The summed E-state index contributed by atoms with van der Waals surface area (Å²) in [5.74, 6) is 0.279. The van der Waals surface area contributed by atoms with Crippen LogP contribution in [0.4, 0.5) is 5.82 Å². The molecule has 0 saturated carbocycles. The Labute approximate surface area is 118 Å². The van der Waals surface area contributed by atoms with Crippen LogP contribution in [0.5, 0.6) is 0 Å². The van der Waals surface area contributed by atoms with Crippen molar-refractivity contribution in [3.05, 3.63) is 45.8 Å². The highest BCUT2D eigenvalue weighted by atomic mass is 79.9. The van der Waals surface area contributed by atoms with Gasteiger partial charge in [-0.3, -0.25) is 4.79 Å². The van der Waals surface area contributed by atoms with Gasteiger partial charge in [0.15, 0.2) is 0 Å². The van der Waals surface area contributed by atoms with Crippen LogP contribution in [0.15, 0.2) is 35.1 Å². The topological polar surface area (TPSA) is 46.9 Å². The van der Waals surface area contributed by atoms with Crippen LogP contribution in [0.2, 0.25) is 5.02 Å². The van der Waals surface area contributed by atoms with Crippen LogP contribution < -0.4 is 5.32 Å². The van der Waals surface area contributed by atoms with Gasteiger partial charge in [-0.2, -0.15) is 0 Å². The van der Waals surface area contributed by atoms with E-state index in [0.29, 0.717) is 23.1 Å². The van der Waals surface area contributed by atoms with E-state index in [1.54, 1.807) is 29.1 Å². The number of nitrogens with one attached hydrogen (secondary N) is 1. The molecule has 18 heavy (non-hydrogen) atoms. The number of aromatic nitrogens is 2. The predicted octanol–water partition coefficient (Wildman–Crippen LogP) is 3.57. The first-order valence-corrected chi connectivity index (χ1v) is 6.56. The zero-order chi connectivity index (χ0) is 13.1. The average molecular weight is 329 g/mol. The highest BCUT2D eigenvalue weighted by Crippen LogP contribution is 2.16. The van der Waals surface area contributed by atoms with E-state index in [2.05, 4.69) is 26.2 Å². The number of carbonyl (C=O) groups excluding carboxylic acids is 1. The zero-order valence-corrected chi connectivity index (χ0v) is 12.0. The number of hydrogen-bond acceptors (Lipinski definition) is 2. The Morgan fingerprint density at radius 3 is 2.94 bits per heavy atom. The van der Waals surface area contributed by atoms with Crippen molar-refractivity contribution in [3.63, 3.8) is 0 Å². The average Bonchev–Trinajstić information content (AvgIpc) is 2.73. The van der Waals surface area contributed by atoms with Gasteiger partial charge in [-0.25, -0.2) is 4.98 Å². The van der Waals surface area contributed by atoms with E-state index in [9.17, 15) is 4.79 Å². The molecule has 0 spiro atoms. The lowest BCUT2D eigenvalue weighted by Gasteiger charge is -2.06. The van der Waals surface area contributed by atoms with Crippen molar-refractivity contribution in [2.24, 2.45) is 0 Å². The molecule has 1 amide bonds. The third-order valence-corrected chi connectivity index (χ3v) is 3.08. The second-order valence-electron chi connectivity index (χ2n) is 3.65. The Morgan fingerprint density at radius 2 is 2.33 bits per heavy atom. The van der Waals surface area contributed by atoms with Crippen LogP contribution in [0.3, 0.4) is 0 Å². The Kier molecular flexibility index (Phi) is 4.04. The van der Waals surface area contributed by atoms with Gasteiger partial charge in [0, 0.05) is 23.4 Å². The van der Waals surface area contributed by atoms with Gasteiger partial charge < -0.3 is 9.88 Å². The standard InChI is InChI=1S/C12H11BrClN3O/c1-2-17-7-9(14)5-10(17)12(18)16-11-4-3-8(13)6-15-11/h3-7H,2H2,1H3,(H,15,16,18). The summed E-state index contributed by atoms with van der Waals surface area (Å²) >= 11 is 9.18. The van der Waals surface area contributed by atoms with Gasteiger partial charge in [-0.05, 0) is 41.1 Å². The summed E-state index contributed by atoms with van der Waals surface area (Å²) in [6, 6.07) is 5.18. The Morgan fingerprint density at radius 1 is 1.56 bits per heavy atom. The third kappa shape index (κ3) is 2.91. The number of hydrogen-bond donors (Lipinski definition) is 1. The van der Waals surface area contributed by atoms with Crippen LogP contribution in [0.25, 0.3) is 0 Å². The van der Waals surface area contributed by atoms with Crippen molar-refractivity contribution in [2.45, 2.75) is 13.5 Å². The lowest BCUT2D eigenvalue weighted by atomic mass is 10.4. The van der Waals surface area contributed by atoms with Crippen molar-refractivity contribution >= 4 is 39.3 Å². The number of carbonyl (C=O) groups is 1. The van der Waals surface area contributed by atoms with Crippen LogP contribution in [0.1, 0.15) is 17.4 Å². The maximum Gasteiger partial charge on any atom is 0.273 e. The Hall–Kier alpha value is -1.33. The highest BCUT2D eigenvalue weighted by molar-refractivity contribution is 9.10. The number of aryl methyl sites for hydroxylation is 1. The Bertz CT molecular complexity index is 565. The molecule has 0 aliphatic heterocycles. The molecule has 94 valence electrons. The molecular weight excluding hydrogens is 318 g/mol. The second kappa shape index (κ2) is 5.54. The first-order valence-electron chi connectivity index (χ1n) is 5.38. The minimum atomic E-state index is -0.224. The highest BCUT2D eigenvalue weighted by Gasteiger charge is 2.12. The number of rotatable bonds is 3. The van der Waals surface area contributed by atoms with Gasteiger partial charge in [0.05, 0.1) is 5.02 Å². The fourth-order valence-electron chi connectivity index (χ4n) is 1.56. The van der Waals surface area contributed by atoms with E-state index < -0.39 is 0 Å². The molecule has 1 N–H and O–H groups in total.